The molecule has 0 aliphatic carbocycles. The van der Waals surface area contributed by atoms with Crippen LogP contribution in [0.15, 0.2) is 0 Å². The minimum Gasteiger partial charge on any atom is -0.464 e. The number of esters is 1. The molecule has 0 aromatic rings. The maximum absolute atomic E-state index is 12.1. The second-order valence-corrected chi connectivity index (χ2v) is 6.76. The van der Waals surface area contributed by atoms with E-state index >= 15 is 0 Å². The summed E-state index contributed by atoms with van der Waals surface area (Å²) in [5, 5.41) is 11.5. The Morgan fingerprint density at radius 1 is 0.958 bits per heavy atom. The molecule has 0 rings (SSSR count). The number of unbranched alkanes of at least 4 members (excludes halogenated alkanes) is 7. The van der Waals surface area contributed by atoms with Gasteiger partial charge < -0.3 is 15.2 Å². The Labute approximate surface area is 147 Å². The number of aliphatic hydroxyl groups excluding tert-OH is 1. The molecule has 0 fully saturated rings. The number of carbonyl (C=O) groups is 2. The molecule has 0 aromatic heterocycles. The fourth-order valence-corrected chi connectivity index (χ4v) is 2.46. The summed E-state index contributed by atoms with van der Waals surface area (Å²) in [6, 6.07) is -0.564. The lowest BCUT2D eigenvalue weighted by atomic mass is 10.0. The number of carbonyl (C=O) groups excluding carboxylic acids is 2. The van der Waals surface area contributed by atoms with E-state index in [0.29, 0.717) is 13.0 Å². The molecule has 0 aromatic carbocycles. The molecule has 0 saturated heterocycles. The van der Waals surface area contributed by atoms with Crippen LogP contribution >= 0.6 is 0 Å². The Kier molecular flexibility index (Phi) is 14.7. The van der Waals surface area contributed by atoms with Crippen LogP contribution in [0.5, 0.6) is 0 Å². The standard InChI is InChI=1S/C19H37NO4/c1-4-5-6-7-10-13-17(22)20-18(16(2)3)19(23)24-15-12-9-8-11-14-21/h16,18,21H,4-15H2,1-3H3,(H,20,22). The first-order valence-electron chi connectivity index (χ1n) is 9.59. The van der Waals surface area contributed by atoms with Gasteiger partial charge in [0.25, 0.3) is 0 Å². The van der Waals surface area contributed by atoms with Crippen LogP contribution < -0.4 is 5.32 Å². The molecule has 24 heavy (non-hydrogen) atoms. The van der Waals surface area contributed by atoms with Crippen LogP contribution in [0.4, 0.5) is 0 Å². The van der Waals surface area contributed by atoms with Crippen molar-refractivity contribution in [2.75, 3.05) is 13.2 Å². The van der Waals surface area contributed by atoms with Crippen molar-refractivity contribution in [1.82, 2.24) is 5.32 Å². The van der Waals surface area contributed by atoms with Gasteiger partial charge in [-0.1, -0.05) is 52.9 Å². The van der Waals surface area contributed by atoms with E-state index in [1.807, 2.05) is 13.8 Å². The third-order valence-corrected chi connectivity index (χ3v) is 4.04. The summed E-state index contributed by atoms with van der Waals surface area (Å²) in [5.74, 6) is -0.396. The van der Waals surface area contributed by atoms with Gasteiger partial charge in [0.05, 0.1) is 6.61 Å². The molecule has 5 heteroatoms. The lowest BCUT2D eigenvalue weighted by Gasteiger charge is -2.21. The zero-order valence-electron chi connectivity index (χ0n) is 15.8. The summed E-state index contributed by atoms with van der Waals surface area (Å²) >= 11 is 0. The Morgan fingerprint density at radius 3 is 2.21 bits per heavy atom. The lowest BCUT2D eigenvalue weighted by molar-refractivity contribution is -0.149. The molecular weight excluding hydrogens is 306 g/mol. The smallest absolute Gasteiger partial charge is 0.328 e. The van der Waals surface area contributed by atoms with Crippen LogP contribution in [0.2, 0.25) is 0 Å². The van der Waals surface area contributed by atoms with Gasteiger partial charge in [0.1, 0.15) is 6.04 Å². The molecule has 0 aliphatic heterocycles. The van der Waals surface area contributed by atoms with Gasteiger partial charge in [-0.25, -0.2) is 4.79 Å². The predicted octanol–water partition coefficient (Wildman–Crippen LogP) is 3.58. The first kappa shape index (κ1) is 22.9. The Balaban J connectivity index is 4.00. The molecule has 1 amide bonds. The Bertz CT molecular complexity index is 331. The molecule has 0 heterocycles. The monoisotopic (exact) mass is 343 g/mol. The first-order chi connectivity index (χ1) is 11.5. The fraction of sp³-hybridized carbons (Fsp3) is 0.895. The second kappa shape index (κ2) is 15.4. The molecule has 0 radical (unpaired) electrons. The number of hydrogen-bond donors (Lipinski definition) is 2. The van der Waals surface area contributed by atoms with Crippen molar-refractivity contribution < 1.29 is 19.4 Å². The average molecular weight is 344 g/mol. The zero-order valence-corrected chi connectivity index (χ0v) is 15.8. The van der Waals surface area contributed by atoms with E-state index in [-0.39, 0.29) is 24.4 Å². The highest BCUT2D eigenvalue weighted by atomic mass is 16.5. The van der Waals surface area contributed by atoms with Crippen LogP contribution in [-0.2, 0) is 14.3 Å². The molecule has 1 atom stereocenters. The molecule has 5 nitrogen and oxygen atoms in total. The summed E-state index contributed by atoms with van der Waals surface area (Å²) < 4.78 is 5.29. The number of nitrogens with one attached hydrogen (secondary N) is 1. The topological polar surface area (TPSA) is 75.6 Å². The van der Waals surface area contributed by atoms with Crippen molar-refractivity contribution in [2.24, 2.45) is 5.92 Å². The molecule has 2 N–H and O–H groups in total. The van der Waals surface area contributed by atoms with Crippen molar-refractivity contribution in [3.63, 3.8) is 0 Å². The lowest BCUT2D eigenvalue weighted by Crippen LogP contribution is -2.45. The average Bonchev–Trinajstić information content (AvgIpc) is 2.55. The third kappa shape index (κ3) is 12.3. The van der Waals surface area contributed by atoms with E-state index in [9.17, 15) is 9.59 Å². The van der Waals surface area contributed by atoms with E-state index < -0.39 is 6.04 Å². The van der Waals surface area contributed by atoms with E-state index in [4.69, 9.17) is 9.84 Å². The van der Waals surface area contributed by atoms with Crippen molar-refractivity contribution in [1.29, 1.82) is 0 Å². The highest BCUT2D eigenvalue weighted by Crippen LogP contribution is 2.08. The van der Waals surface area contributed by atoms with Gasteiger partial charge in [0.2, 0.25) is 5.91 Å². The molecule has 0 aliphatic rings. The number of aliphatic hydroxyl groups is 1. The molecule has 0 bridgehead atoms. The van der Waals surface area contributed by atoms with Gasteiger partial charge in [-0.3, -0.25) is 4.79 Å². The summed E-state index contributed by atoms with van der Waals surface area (Å²) in [4.78, 5) is 24.1. The third-order valence-electron chi connectivity index (χ3n) is 4.04. The fourth-order valence-electron chi connectivity index (χ4n) is 2.46. The SMILES string of the molecule is CCCCCCCC(=O)NC(C(=O)OCCCCCCO)C(C)C. The zero-order chi connectivity index (χ0) is 18.2. The second-order valence-electron chi connectivity index (χ2n) is 6.76. The van der Waals surface area contributed by atoms with Crippen LogP contribution in [0.25, 0.3) is 0 Å². The van der Waals surface area contributed by atoms with E-state index in [2.05, 4.69) is 12.2 Å². The minimum atomic E-state index is -0.564. The highest BCUT2D eigenvalue weighted by Gasteiger charge is 2.25. The maximum Gasteiger partial charge on any atom is 0.328 e. The van der Waals surface area contributed by atoms with Crippen LogP contribution in [0.1, 0.15) is 85.0 Å². The molecule has 142 valence electrons. The van der Waals surface area contributed by atoms with Gasteiger partial charge in [0, 0.05) is 13.0 Å². The molecular formula is C19H37NO4. The number of amides is 1. The van der Waals surface area contributed by atoms with Gasteiger partial charge in [-0.15, -0.1) is 0 Å². The van der Waals surface area contributed by atoms with Crippen molar-refractivity contribution in [3.8, 4) is 0 Å². The van der Waals surface area contributed by atoms with Crippen molar-refractivity contribution in [2.45, 2.75) is 91.0 Å². The van der Waals surface area contributed by atoms with Crippen LogP contribution in [-0.4, -0.2) is 36.2 Å². The largest absolute Gasteiger partial charge is 0.464 e. The normalized spacial score (nSPS) is 12.2. The van der Waals surface area contributed by atoms with Gasteiger partial charge in [-0.2, -0.15) is 0 Å². The van der Waals surface area contributed by atoms with Gasteiger partial charge >= 0.3 is 5.97 Å². The van der Waals surface area contributed by atoms with Gasteiger partial charge in [0.15, 0.2) is 0 Å². The van der Waals surface area contributed by atoms with E-state index in [0.717, 1.165) is 44.9 Å². The summed E-state index contributed by atoms with van der Waals surface area (Å²) in [6.07, 6.45) is 9.42. The number of hydrogen-bond acceptors (Lipinski definition) is 4. The van der Waals surface area contributed by atoms with Crippen molar-refractivity contribution in [3.05, 3.63) is 0 Å². The quantitative estimate of drug-likeness (QED) is 0.352. The first-order valence-corrected chi connectivity index (χ1v) is 9.59. The van der Waals surface area contributed by atoms with Crippen LogP contribution in [0, 0.1) is 5.92 Å². The van der Waals surface area contributed by atoms with Crippen LogP contribution in [0.3, 0.4) is 0 Å². The summed E-state index contributed by atoms with van der Waals surface area (Å²) in [7, 11) is 0. The number of rotatable bonds is 15. The predicted molar refractivity (Wildman–Crippen MR) is 96.7 cm³/mol. The molecule has 0 spiro atoms. The summed E-state index contributed by atoms with van der Waals surface area (Å²) in [5.41, 5.74) is 0. The highest BCUT2D eigenvalue weighted by molar-refractivity contribution is 5.84. The van der Waals surface area contributed by atoms with E-state index in [1.165, 1.54) is 12.8 Å². The Hall–Kier alpha value is -1.10. The molecule has 0 saturated carbocycles. The number of ether oxygens (including phenoxy) is 1. The maximum atomic E-state index is 12.1. The van der Waals surface area contributed by atoms with Gasteiger partial charge in [-0.05, 0) is 31.6 Å². The minimum absolute atomic E-state index is 0.0101. The molecule has 1 unspecified atom stereocenters. The van der Waals surface area contributed by atoms with E-state index in [1.54, 1.807) is 0 Å². The summed E-state index contributed by atoms with van der Waals surface area (Å²) in [6.45, 7) is 6.57. The van der Waals surface area contributed by atoms with Crippen molar-refractivity contribution >= 4 is 11.9 Å². The Morgan fingerprint density at radius 2 is 1.58 bits per heavy atom.